The number of β-amino-alcohol motifs (C(OH)–C–C–N with tert-alkyl or cyclic N) is 1. The summed E-state index contributed by atoms with van der Waals surface area (Å²) in [5.74, 6) is 0.608. The maximum absolute atomic E-state index is 12.5. The van der Waals surface area contributed by atoms with Crippen molar-refractivity contribution in [1.82, 2.24) is 15.1 Å². The van der Waals surface area contributed by atoms with Crippen LogP contribution in [0.2, 0.25) is 0 Å². The third kappa shape index (κ3) is 6.55. The van der Waals surface area contributed by atoms with Gasteiger partial charge in [-0.05, 0) is 67.7 Å². The van der Waals surface area contributed by atoms with E-state index >= 15 is 0 Å². The molecule has 0 bridgehead atoms. The summed E-state index contributed by atoms with van der Waals surface area (Å²) in [5, 5.41) is 13.3. The lowest BCUT2D eigenvalue weighted by Crippen LogP contribution is -2.42. The predicted octanol–water partition coefficient (Wildman–Crippen LogP) is 2.70. The second-order valence-electron chi connectivity index (χ2n) is 8.89. The second-order valence-corrected chi connectivity index (χ2v) is 8.89. The number of aliphatic hydroxyl groups is 1. The van der Waals surface area contributed by atoms with E-state index in [4.69, 9.17) is 4.74 Å². The third-order valence-electron chi connectivity index (χ3n) is 6.42. The summed E-state index contributed by atoms with van der Waals surface area (Å²) in [4.78, 5) is 17.1. The zero-order valence-corrected chi connectivity index (χ0v) is 18.8. The summed E-state index contributed by atoms with van der Waals surface area (Å²) in [5.41, 5.74) is 3.30. The van der Waals surface area contributed by atoms with Crippen LogP contribution in [0.25, 0.3) is 0 Å². The molecule has 2 aromatic carbocycles. The Morgan fingerprint density at radius 1 is 0.969 bits per heavy atom. The van der Waals surface area contributed by atoms with E-state index in [0.717, 1.165) is 31.8 Å². The van der Waals surface area contributed by atoms with Crippen molar-refractivity contribution < 1.29 is 14.6 Å². The Labute approximate surface area is 191 Å². The molecule has 2 heterocycles. The standard InChI is InChI=1S/C26H35N3O3/c30-24(20-29-15-12-21-6-2-3-7-23(21)19-29)18-27-26(31)22-8-10-25(11-9-22)32-17-16-28-13-4-1-5-14-28/h2-3,6-11,24,30H,1,4-5,12-20H2,(H,27,31)/t24-/m0/s1. The topological polar surface area (TPSA) is 65.0 Å². The number of ether oxygens (including phenoxy) is 1. The third-order valence-corrected chi connectivity index (χ3v) is 6.42. The maximum Gasteiger partial charge on any atom is 0.251 e. The number of aliphatic hydroxyl groups excluding tert-OH is 1. The van der Waals surface area contributed by atoms with Gasteiger partial charge in [0.2, 0.25) is 0 Å². The highest BCUT2D eigenvalue weighted by Crippen LogP contribution is 2.18. The van der Waals surface area contributed by atoms with E-state index in [1.165, 1.54) is 43.5 Å². The van der Waals surface area contributed by atoms with Crippen molar-refractivity contribution in [3.8, 4) is 5.75 Å². The lowest BCUT2D eigenvalue weighted by molar-refractivity contribution is 0.0842. The van der Waals surface area contributed by atoms with Gasteiger partial charge in [-0.1, -0.05) is 30.7 Å². The van der Waals surface area contributed by atoms with Gasteiger partial charge >= 0.3 is 0 Å². The van der Waals surface area contributed by atoms with Gasteiger partial charge in [0.25, 0.3) is 5.91 Å². The predicted molar refractivity (Wildman–Crippen MR) is 126 cm³/mol. The van der Waals surface area contributed by atoms with Gasteiger partial charge in [0, 0.05) is 38.3 Å². The Kier molecular flexibility index (Phi) is 8.15. The summed E-state index contributed by atoms with van der Waals surface area (Å²) >= 11 is 0. The maximum atomic E-state index is 12.5. The fourth-order valence-electron chi connectivity index (χ4n) is 4.56. The zero-order chi connectivity index (χ0) is 22.2. The molecule has 2 N–H and O–H groups in total. The molecule has 4 rings (SSSR count). The first-order chi connectivity index (χ1) is 15.7. The number of hydrogen-bond donors (Lipinski definition) is 2. The van der Waals surface area contributed by atoms with Crippen molar-refractivity contribution >= 4 is 5.91 Å². The molecular weight excluding hydrogens is 402 g/mol. The summed E-state index contributed by atoms with van der Waals surface area (Å²) in [6.45, 7) is 6.52. The Morgan fingerprint density at radius 2 is 1.72 bits per heavy atom. The van der Waals surface area contributed by atoms with Gasteiger partial charge in [-0.3, -0.25) is 14.6 Å². The van der Waals surface area contributed by atoms with E-state index in [-0.39, 0.29) is 12.5 Å². The van der Waals surface area contributed by atoms with Crippen LogP contribution in [-0.4, -0.2) is 72.8 Å². The van der Waals surface area contributed by atoms with Crippen LogP contribution in [0.1, 0.15) is 40.7 Å². The highest BCUT2D eigenvalue weighted by Gasteiger charge is 2.19. The molecule has 1 fully saturated rings. The first-order valence-corrected chi connectivity index (χ1v) is 11.9. The number of nitrogens with one attached hydrogen (secondary N) is 1. The number of rotatable bonds is 9. The SMILES string of the molecule is O=C(NC[C@H](O)CN1CCc2ccccc2C1)c1ccc(OCCN2CCCCC2)cc1. The van der Waals surface area contributed by atoms with Crippen molar-refractivity contribution in [2.75, 3.05) is 45.9 Å². The molecule has 172 valence electrons. The molecule has 0 saturated carbocycles. The first kappa shape index (κ1) is 22.8. The highest BCUT2D eigenvalue weighted by molar-refractivity contribution is 5.94. The van der Waals surface area contributed by atoms with Crippen molar-refractivity contribution in [2.45, 2.75) is 38.3 Å². The van der Waals surface area contributed by atoms with Gasteiger partial charge < -0.3 is 15.2 Å². The summed E-state index contributed by atoms with van der Waals surface area (Å²) < 4.78 is 5.83. The minimum absolute atomic E-state index is 0.173. The molecule has 0 aliphatic carbocycles. The quantitative estimate of drug-likeness (QED) is 0.632. The molecular formula is C26H35N3O3. The smallest absolute Gasteiger partial charge is 0.251 e. The number of amides is 1. The van der Waals surface area contributed by atoms with Crippen LogP contribution >= 0.6 is 0 Å². The average molecular weight is 438 g/mol. The lowest BCUT2D eigenvalue weighted by Gasteiger charge is -2.30. The fraction of sp³-hybridized carbons (Fsp3) is 0.500. The summed E-state index contributed by atoms with van der Waals surface area (Å²) in [6, 6.07) is 15.7. The van der Waals surface area contributed by atoms with Crippen LogP contribution in [0.3, 0.4) is 0 Å². The van der Waals surface area contributed by atoms with Crippen molar-refractivity contribution in [1.29, 1.82) is 0 Å². The summed E-state index contributed by atoms with van der Waals surface area (Å²) in [6.07, 6.45) is 4.31. The number of hydrogen-bond acceptors (Lipinski definition) is 5. The van der Waals surface area contributed by atoms with Crippen LogP contribution < -0.4 is 10.1 Å². The van der Waals surface area contributed by atoms with E-state index in [9.17, 15) is 9.90 Å². The monoisotopic (exact) mass is 437 g/mol. The van der Waals surface area contributed by atoms with Crippen molar-refractivity contribution in [3.05, 3.63) is 65.2 Å². The lowest BCUT2D eigenvalue weighted by atomic mass is 10.00. The fourth-order valence-corrected chi connectivity index (χ4v) is 4.56. The minimum atomic E-state index is -0.596. The van der Waals surface area contributed by atoms with Crippen LogP contribution in [0.5, 0.6) is 5.75 Å². The largest absolute Gasteiger partial charge is 0.492 e. The molecule has 1 amide bonds. The highest BCUT2D eigenvalue weighted by atomic mass is 16.5. The average Bonchev–Trinajstić information content (AvgIpc) is 2.83. The molecule has 6 heteroatoms. The van der Waals surface area contributed by atoms with E-state index in [0.29, 0.717) is 18.7 Å². The molecule has 2 aromatic rings. The van der Waals surface area contributed by atoms with Gasteiger partial charge in [-0.2, -0.15) is 0 Å². The molecule has 0 unspecified atom stereocenters. The number of benzene rings is 2. The second kappa shape index (κ2) is 11.5. The van der Waals surface area contributed by atoms with E-state index in [2.05, 4.69) is 39.4 Å². The molecule has 1 atom stereocenters. The normalized spacial score (nSPS) is 18.0. The molecule has 32 heavy (non-hydrogen) atoms. The Bertz CT molecular complexity index is 865. The van der Waals surface area contributed by atoms with Gasteiger partial charge in [-0.15, -0.1) is 0 Å². The number of carbonyl (C=O) groups excluding carboxylic acids is 1. The van der Waals surface area contributed by atoms with Gasteiger partial charge in [-0.25, -0.2) is 0 Å². The Balaban J connectivity index is 1.16. The van der Waals surface area contributed by atoms with Gasteiger partial charge in [0.15, 0.2) is 0 Å². The van der Waals surface area contributed by atoms with Gasteiger partial charge in [0.1, 0.15) is 12.4 Å². The Morgan fingerprint density at radius 3 is 2.50 bits per heavy atom. The van der Waals surface area contributed by atoms with Crippen LogP contribution in [0, 0.1) is 0 Å². The van der Waals surface area contributed by atoms with Crippen LogP contribution in [0.15, 0.2) is 48.5 Å². The number of nitrogens with zero attached hydrogens (tertiary/aromatic N) is 2. The molecule has 6 nitrogen and oxygen atoms in total. The van der Waals surface area contributed by atoms with Crippen LogP contribution in [-0.2, 0) is 13.0 Å². The Hall–Kier alpha value is -2.41. The van der Waals surface area contributed by atoms with Crippen LogP contribution in [0.4, 0.5) is 0 Å². The molecule has 2 aliphatic rings. The number of piperidine rings is 1. The molecule has 1 saturated heterocycles. The minimum Gasteiger partial charge on any atom is -0.492 e. The van der Waals surface area contributed by atoms with Crippen molar-refractivity contribution in [3.63, 3.8) is 0 Å². The molecule has 0 spiro atoms. The number of likely N-dealkylation sites (tertiary alicyclic amines) is 1. The molecule has 0 aromatic heterocycles. The first-order valence-electron chi connectivity index (χ1n) is 11.9. The van der Waals surface area contributed by atoms with E-state index < -0.39 is 6.10 Å². The van der Waals surface area contributed by atoms with E-state index in [1.807, 2.05) is 12.1 Å². The van der Waals surface area contributed by atoms with Crippen molar-refractivity contribution in [2.24, 2.45) is 0 Å². The zero-order valence-electron chi connectivity index (χ0n) is 18.8. The summed E-state index contributed by atoms with van der Waals surface area (Å²) in [7, 11) is 0. The molecule has 2 aliphatic heterocycles. The van der Waals surface area contributed by atoms with Gasteiger partial charge in [0.05, 0.1) is 6.10 Å². The molecule has 0 radical (unpaired) electrons. The number of carbonyl (C=O) groups is 1. The number of fused-ring (bicyclic) bond motifs is 1. The van der Waals surface area contributed by atoms with E-state index in [1.54, 1.807) is 12.1 Å².